The topological polar surface area (TPSA) is 87.8 Å². The lowest BCUT2D eigenvalue weighted by atomic mass is 9.92. The molecule has 53 heavy (non-hydrogen) atoms. The third-order valence-corrected chi connectivity index (χ3v) is 11.1. The van der Waals surface area contributed by atoms with E-state index >= 15 is 0 Å². The van der Waals surface area contributed by atoms with E-state index in [1.165, 1.54) is 154 Å². The molecule has 0 rings (SSSR count). The molecule has 0 bridgehead atoms. The number of carbonyl (C=O) groups is 2. The number of hydrogen-bond acceptors (Lipinski definition) is 6. The quantitative estimate of drug-likeness (QED) is 0.0493. The minimum atomic E-state index is 0.0212. The molecular weight excluding hydrogens is 659 g/mol. The highest BCUT2D eigenvalue weighted by Gasteiger charge is 2.16. The zero-order chi connectivity index (χ0) is 38.9. The van der Waals surface area contributed by atoms with Gasteiger partial charge in [0, 0.05) is 19.4 Å². The molecular formula is C47H93NO5. The molecule has 0 radical (unpaired) electrons. The zero-order valence-corrected chi connectivity index (χ0v) is 36.2. The Morgan fingerprint density at radius 3 is 1.08 bits per heavy atom. The van der Waals surface area contributed by atoms with Crippen molar-refractivity contribution in [2.75, 3.05) is 26.4 Å². The molecule has 0 aliphatic heterocycles. The van der Waals surface area contributed by atoms with Crippen molar-refractivity contribution in [3.63, 3.8) is 0 Å². The van der Waals surface area contributed by atoms with E-state index in [-0.39, 0.29) is 11.9 Å². The van der Waals surface area contributed by atoms with Crippen molar-refractivity contribution in [2.45, 2.75) is 252 Å². The second-order valence-corrected chi connectivity index (χ2v) is 16.4. The van der Waals surface area contributed by atoms with E-state index in [9.17, 15) is 9.59 Å². The first kappa shape index (κ1) is 51.9. The molecule has 6 nitrogen and oxygen atoms in total. The first-order chi connectivity index (χ1) is 26.0. The molecule has 0 amide bonds. The fraction of sp³-hybridized carbons (Fsp3) is 0.957. The van der Waals surface area contributed by atoms with Crippen molar-refractivity contribution in [3.05, 3.63) is 0 Å². The SMILES string of the molecule is CCCCCC(CCCCC)CC(=O)OCCCCCCCCC(CCCCCCCCOC(=O)CC(CCCCC)CCCCC)OCCCCN. The summed E-state index contributed by atoms with van der Waals surface area (Å²) in [6.07, 6.45) is 39.8. The minimum absolute atomic E-state index is 0.0212. The van der Waals surface area contributed by atoms with E-state index in [4.69, 9.17) is 19.9 Å². The van der Waals surface area contributed by atoms with E-state index < -0.39 is 0 Å². The van der Waals surface area contributed by atoms with Crippen LogP contribution < -0.4 is 5.73 Å². The number of unbranched alkanes of at least 4 members (excludes halogenated alkanes) is 19. The van der Waals surface area contributed by atoms with Crippen LogP contribution in [0.3, 0.4) is 0 Å². The number of rotatable bonds is 43. The highest BCUT2D eigenvalue weighted by Crippen LogP contribution is 2.23. The van der Waals surface area contributed by atoms with Gasteiger partial charge in [-0.05, 0) is 82.6 Å². The van der Waals surface area contributed by atoms with Crippen molar-refractivity contribution in [1.82, 2.24) is 0 Å². The van der Waals surface area contributed by atoms with Crippen LogP contribution in [-0.2, 0) is 23.8 Å². The number of ether oxygens (including phenoxy) is 3. The van der Waals surface area contributed by atoms with E-state index in [0.717, 1.165) is 64.5 Å². The summed E-state index contributed by atoms with van der Waals surface area (Å²) in [5.41, 5.74) is 5.70. The van der Waals surface area contributed by atoms with E-state index in [0.29, 0.717) is 44.0 Å². The van der Waals surface area contributed by atoms with E-state index in [2.05, 4.69) is 27.7 Å². The maximum absolute atomic E-state index is 12.5. The minimum Gasteiger partial charge on any atom is -0.466 e. The lowest BCUT2D eigenvalue weighted by Gasteiger charge is -2.18. The number of esters is 2. The Kier molecular flexibility index (Phi) is 41.1. The molecule has 2 N–H and O–H groups in total. The summed E-state index contributed by atoms with van der Waals surface area (Å²) in [4.78, 5) is 25.0. The summed E-state index contributed by atoms with van der Waals surface area (Å²) in [5.74, 6) is 1.05. The van der Waals surface area contributed by atoms with Gasteiger partial charge in [-0.2, -0.15) is 0 Å². The Bertz CT molecular complexity index is 685. The summed E-state index contributed by atoms with van der Waals surface area (Å²) >= 11 is 0. The molecule has 0 aliphatic carbocycles. The van der Waals surface area contributed by atoms with Crippen LogP contribution in [0.25, 0.3) is 0 Å². The highest BCUT2D eigenvalue weighted by atomic mass is 16.5. The Balaban J connectivity index is 4.09. The predicted octanol–water partition coefficient (Wildman–Crippen LogP) is 14.0. The molecule has 0 atom stereocenters. The molecule has 316 valence electrons. The second-order valence-electron chi connectivity index (χ2n) is 16.4. The van der Waals surface area contributed by atoms with Gasteiger partial charge in [-0.25, -0.2) is 0 Å². The summed E-state index contributed by atoms with van der Waals surface area (Å²) < 4.78 is 17.6. The lowest BCUT2D eigenvalue weighted by molar-refractivity contribution is -0.146. The van der Waals surface area contributed by atoms with Crippen LogP contribution in [0.5, 0.6) is 0 Å². The van der Waals surface area contributed by atoms with Gasteiger partial charge in [-0.1, -0.05) is 169 Å². The monoisotopic (exact) mass is 752 g/mol. The van der Waals surface area contributed by atoms with E-state index in [1.54, 1.807) is 0 Å². The van der Waals surface area contributed by atoms with Crippen molar-refractivity contribution in [3.8, 4) is 0 Å². The van der Waals surface area contributed by atoms with Crippen molar-refractivity contribution < 1.29 is 23.8 Å². The molecule has 0 spiro atoms. The van der Waals surface area contributed by atoms with Crippen molar-refractivity contribution >= 4 is 11.9 Å². The summed E-state index contributed by atoms with van der Waals surface area (Å²) in [7, 11) is 0. The predicted molar refractivity (Wildman–Crippen MR) is 227 cm³/mol. The van der Waals surface area contributed by atoms with Crippen LogP contribution in [0.2, 0.25) is 0 Å². The average molecular weight is 752 g/mol. The first-order valence-corrected chi connectivity index (χ1v) is 23.6. The fourth-order valence-corrected chi connectivity index (χ4v) is 7.56. The highest BCUT2D eigenvalue weighted by molar-refractivity contribution is 5.70. The van der Waals surface area contributed by atoms with Crippen LogP contribution in [0.4, 0.5) is 0 Å². The molecule has 0 saturated heterocycles. The number of carbonyl (C=O) groups excluding carboxylic acids is 2. The number of hydrogen-bond donors (Lipinski definition) is 1. The average Bonchev–Trinajstić information content (AvgIpc) is 3.14. The Labute approximate surface area is 331 Å². The molecule has 0 unspecified atom stereocenters. The molecule has 0 fully saturated rings. The normalized spacial score (nSPS) is 11.7. The van der Waals surface area contributed by atoms with Gasteiger partial charge < -0.3 is 19.9 Å². The van der Waals surface area contributed by atoms with Gasteiger partial charge in [-0.3, -0.25) is 9.59 Å². The van der Waals surface area contributed by atoms with Crippen LogP contribution >= 0.6 is 0 Å². The third-order valence-electron chi connectivity index (χ3n) is 11.1. The van der Waals surface area contributed by atoms with Crippen molar-refractivity contribution in [2.24, 2.45) is 17.6 Å². The van der Waals surface area contributed by atoms with Crippen LogP contribution in [0.15, 0.2) is 0 Å². The first-order valence-electron chi connectivity index (χ1n) is 23.6. The number of nitrogens with two attached hydrogens (primary N) is 1. The van der Waals surface area contributed by atoms with Gasteiger partial charge >= 0.3 is 11.9 Å². The Morgan fingerprint density at radius 2 is 0.717 bits per heavy atom. The summed E-state index contributed by atoms with van der Waals surface area (Å²) in [6.45, 7) is 11.7. The largest absolute Gasteiger partial charge is 0.466 e. The van der Waals surface area contributed by atoms with Gasteiger partial charge in [-0.15, -0.1) is 0 Å². The standard InChI is InChI=1S/C47H93NO5/c1-5-9-21-31-43(32-22-10-6-2)41-46(49)52-39-28-19-15-13-17-25-35-45(51-38-30-27-37-48)36-26-18-14-16-20-29-40-53-47(50)42-44(33-23-11-7-3)34-24-12-8-4/h43-45H,5-42,48H2,1-4H3. The van der Waals surface area contributed by atoms with Crippen LogP contribution in [0, 0.1) is 11.8 Å². The van der Waals surface area contributed by atoms with Crippen molar-refractivity contribution in [1.29, 1.82) is 0 Å². The molecule has 0 aromatic rings. The van der Waals surface area contributed by atoms with Crippen LogP contribution in [-0.4, -0.2) is 44.4 Å². The Morgan fingerprint density at radius 1 is 0.396 bits per heavy atom. The second kappa shape index (κ2) is 42.0. The third kappa shape index (κ3) is 37.6. The Hall–Kier alpha value is -1.14. The molecule has 0 aromatic heterocycles. The molecule has 6 heteroatoms. The smallest absolute Gasteiger partial charge is 0.306 e. The fourth-order valence-electron chi connectivity index (χ4n) is 7.56. The maximum Gasteiger partial charge on any atom is 0.306 e. The lowest BCUT2D eigenvalue weighted by Crippen LogP contribution is -2.15. The summed E-state index contributed by atoms with van der Waals surface area (Å²) in [5, 5.41) is 0. The van der Waals surface area contributed by atoms with Gasteiger partial charge in [0.05, 0.1) is 19.3 Å². The molecule has 0 aliphatic rings. The van der Waals surface area contributed by atoms with Crippen LogP contribution in [0.1, 0.15) is 246 Å². The zero-order valence-electron chi connectivity index (χ0n) is 36.2. The molecule has 0 aromatic carbocycles. The van der Waals surface area contributed by atoms with E-state index in [1.807, 2.05) is 0 Å². The molecule has 0 saturated carbocycles. The van der Waals surface area contributed by atoms with Gasteiger partial charge in [0.15, 0.2) is 0 Å². The van der Waals surface area contributed by atoms with Gasteiger partial charge in [0.2, 0.25) is 0 Å². The van der Waals surface area contributed by atoms with Gasteiger partial charge in [0.1, 0.15) is 0 Å². The molecule has 0 heterocycles. The summed E-state index contributed by atoms with van der Waals surface area (Å²) in [6, 6.07) is 0. The maximum atomic E-state index is 12.5. The van der Waals surface area contributed by atoms with Gasteiger partial charge in [0.25, 0.3) is 0 Å².